The predicted molar refractivity (Wildman–Crippen MR) is 348 cm³/mol. The number of carbonyl (C=O) groups excluding carboxylic acids is 6. The second kappa shape index (κ2) is 36.6. The average Bonchev–Trinajstić information content (AvgIpc) is 3.69. The van der Waals surface area contributed by atoms with Gasteiger partial charge >= 0.3 is 35.8 Å². The van der Waals surface area contributed by atoms with Gasteiger partial charge in [-0.25, -0.2) is 0 Å². The van der Waals surface area contributed by atoms with Crippen LogP contribution in [0.5, 0.6) is 0 Å². The third-order valence-electron chi connectivity index (χ3n) is 12.9. The maximum absolute atomic E-state index is 13.7. The van der Waals surface area contributed by atoms with Crippen molar-refractivity contribution < 1.29 is 57.2 Å². The van der Waals surface area contributed by atoms with Crippen molar-refractivity contribution in [2.45, 2.75) is 146 Å². The number of carbonyl (C=O) groups is 6. The van der Waals surface area contributed by atoms with Gasteiger partial charge in [0.15, 0.2) is 32.6 Å². The number of allylic oxidation sites excluding steroid dienone is 3. The van der Waals surface area contributed by atoms with Crippen LogP contribution in [0.4, 0.5) is 0 Å². The van der Waals surface area contributed by atoms with Crippen molar-refractivity contribution in [3.63, 3.8) is 0 Å². The summed E-state index contributed by atoms with van der Waals surface area (Å²) in [6.45, 7) is 15.0. The summed E-state index contributed by atoms with van der Waals surface area (Å²) >= 11 is 0. The van der Waals surface area contributed by atoms with E-state index in [1.54, 1.807) is 27.7 Å². The summed E-state index contributed by atoms with van der Waals surface area (Å²) in [4.78, 5) is 79.1. The largest absolute Gasteiger partial charge is 0.446 e. The Kier molecular flexibility index (Phi) is 29.5. The molecule has 1 aliphatic carbocycles. The van der Waals surface area contributed by atoms with Crippen LogP contribution in [0.25, 0.3) is 0 Å². The van der Waals surface area contributed by atoms with Crippen molar-refractivity contribution >= 4 is 101 Å². The molecule has 7 atom stereocenters. The number of ether oxygens (including phenoxy) is 6. The van der Waals surface area contributed by atoms with Gasteiger partial charge in [0.2, 0.25) is 0 Å². The highest BCUT2D eigenvalue weighted by Crippen LogP contribution is 2.50. The second-order valence-electron chi connectivity index (χ2n) is 21.5. The molecule has 6 rings (SSSR count). The zero-order valence-corrected chi connectivity index (χ0v) is 54.4. The fourth-order valence-electron chi connectivity index (χ4n) is 8.26. The van der Waals surface area contributed by atoms with E-state index in [1.165, 1.54) is 64.8 Å². The van der Waals surface area contributed by atoms with Crippen LogP contribution in [-0.4, -0.2) is 41.3 Å². The van der Waals surface area contributed by atoms with Crippen LogP contribution in [0.15, 0.2) is 169 Å². The van der Waals surface area contributed by atoms with Gasteiger partial charge in [-0.1, -0.05) is 219 Å². The molecule has 1 aliphatic rings. The summed E-state index contributed by atoms with van der Waals surface area (Å²) < 4.78 is 36.3. The van der Waals surface area contributed by atoms with E-state index in [-0.39, 0.29) is 72.8 Å². The van der Waals surface area contributed by atoms with Crippen LogP contribution in [0.1, 0.15) is 167 Å². The van der Waals surface area contributed by atoms with Crippen LogP contribution < -0.4 is 0 Å². The Labute approximate surface area is 525 Å². The summed E-state index contributed by atoms with van der Waals surface area (Å²) in [5.74, 6) is -2.78. The Morgan fingerprint density at radius 2 is 0.765 bits per heavy atom. The van der Waals surface area contributed by atoms with Crippen LogP contribution in [0.3, 0.4) is 0 Å². The van der Waals surface area contributed by atoms with E-state index in [0.29, 0.717) is 38.5 Å². The quantitative estimate of drug-likeness (QED) is 0.0166. The molecule has 5 aromatic carbocycles. The Morgan fingerprint density at radius 3 is 1.15 bits per heavy atom. The van der Waals surface area contributed by atoms with E-state index in [2.05, 4.69) is 0 Å². The van der Waals surface area contributed by atoms with Gasteiger partial charge in [-0.3, -0.25) is 28.8 Å². The molecular weight excluding hydrogens is 1190 g/mol. The van der Waals surface area contributed by atoms with Gasteiger partial charge in [-0.05, 0) is 120 Å². The minimum Gasteiger partial charge on any atom is -0.446 e. The highest BCUT2D eigenvalue weighted by Gasteiger charge is 2.30. The van der Waals surface area contributed by atoms with E-state index >= 15 is 0 Å². The first-order valence-corrected chi connectivity index (χ1v) is 35.6. The van der Waals surface area contributed by atoms with Crippen LogP contribution in [0, 0.1) is 23.7 Å². The van der Waals surface area contributed by atoms with Crippen LogP contribution in [0.2, 0.25) is 0 Å². The zero-order valence-electron chi connectivity index (χ0n) is 49.5. The van der Waals surface area contributed by atoms with Crippen LogP contribution in [-0.2, 0) is 63.6 Å². The number of esters is 6. The summed E-state index contributed by atoms with van der Waals surface area (Å²) in [6.07, 6.45) is 7.75. The fraction of sp³-hybridized carbons (Fsp3) is 0.403. The van der Waals surface area contributed by atoms with Gasteiger partial charge in [-0.2, -0.15) is 0 Å². The first-order chi connectivity index (χ1) is 40.9. The molecule has 0 spiro atoms. The molecule has 18 heteroatoms. The standard InChI is InChI=1S/C67H78O12S6/c1-9-22-56(68)74-62(50-23-14-10-15-24-50)80-81-63(51-25-16-11-17-26-51)75-57(69)40-35-48-31-36-54(37-32-48)66(78-60(72)45(4)5)84-85-67(79-61(73)46(6)7)55-38-33-49(34-39-55)42-47(8)43-59(71)77-65(53-29-20-13-21-30-53)83-82-64(52-27-18-12-19-28-52)76-58(70)41-44(2)3/h10-21,23-31,33-34,36,38-39,44-47,62-67H,9,22,32,35,37,40-43H2,1-8H3. The van der Waals surface area contributed by atoms with Gasteiger partial charge in [0.25, 0.3) is 0 Å². The van der Waals surface area contributed by atoms with Crippen molar-refractivity contribution in [2.24, 2.45) is 23.7 Å². The first-order valence-electron chi connectivity index (χ1n) is 28.8. The molecule has 0 N–H and O–H groups in total. The highest BCUT2D eigenvalue weighted by molar-refractivity contribution is 8.77. The van der Waals surface area contributed by atoms with Crippen molar-refractivity contribution in [1.82, 2.24) is 0 Å². The molecule has 7 unspecified atom stereocenters. The van der Waals surface area contributed by atoms with Crippen molar-refractivity contribution in [2.75, 3.05) is 0 Å². The van der Waals surface area contributed by atoms with Gasteiger partial charge in [-0.15, -0.1) is 0 Å². The van der Waals surface area contributed by atoms with E-state index in [9.17, 15) is 28.8 Å². The lowest BCUT2D eigenvalue weighted by atomic mass is 9.95. The van der Waals surface area contributed by atoms with E-state index in [1.807, 2.05) is 185 Å². The molecule has 0 heterocycles. The van der Waals surface area contributed by atoms with E-state index in [4.69, 9.17) is 28.4 Å². The monoisotopic (exact) mass is 1270 g/mol. The molecule has 0 radical (unpaired) electrons. The molecular formula is C67H78O12S6. The lowest BCUT2D eigenvalue weighted by molar-refractivity contribution is -0.149. The van der Waals surface area contributed by atoms with Gasteiger partial charge < -0.3 is 28.4 Å². The second-order valence-corrected chi connectivity index (χ2v) is 28.7. The lowest BCUT2D eigenvalue weighted by Crippen LogP contribution is -2.22. The summed E-state index contributed by atoms with van der Waals surface area (Å²) in [5.41, 5.74) is 2.95. The molecule has 5 aromatic rings. The van der Waals surface area contributed by atoms with Crippen molar-refractivity contribution in [3.05, 3.63) is 202 Å². The molecule has 0 amide bonds. The predicted octanol–water partition coefficient (Wildman–Crippen LogP) is 18.4. The summed E-state index contributed by atoms with van der Waals surface area (Å²) in [5, 5.41) is 0. The Morgan fingerprint density at radius 1 is 0.400 bits per heavy atom. The van der Waals surface area contributed by atoms with E-state index in [0.717, 1.165) is 44.5 Å². The average molecular weight is 1270 g/mol. The third kappa shape index (κ3) is 24.3. The number of hydrogen-bond acceptors (Lipinski definition) is 18. The fourth-order valence-corrected chi connectivity index (χ4v) is 15.9. The highest BCUT2D eigenvalue weighted by atomic mass is 33.1. The third-order valence-corrected chi connectivity index (χ3v) is 20.7. The smallest absolute Gasteiger partial charge is 0.309 e. The SMILES string of the molecule is CCCC(=O)OC(SSC(OC(=O)CCC1=CC=C(C(OC(=O)C(C)C)SSC(OC(=O)C(C)C)c2ccc(CC(C)CC(=O)OC(SSC(OC(=O)CC(C)C)c3ccccc3)c3ccccc3)cc2)CC1)c1ccccc1)c1ccccc1. The van der Waals surface area contributed by atoms with Crippen molar-refractivity contribution in [3.8, 4) is 0 Å². The van der Waals surface area contributed by atoms with E-state index < -0.39 is 38.5 Å². The molecule has 12 nitrogen and oxygen atoms in total. The summed E-state index contributed by atoms with van der Waals surface area (Å²) in [6, 6.07) is 45.8. The first kappa shape index (κ1) is 68.6. The maximum atomic E-state index is 13.7. The maximum Gasteiger partial charge on any atom is 0.309 e. The van der Waals surface area contributed by atoms with Gasteiger partial charge in [0.05, 0.1) is 11.8 Å². The number of rotatable bonds is 34. The zero-order chi connectivity index (χ0) is 61.1. The molecule has 454 valence electrons. The lowest BCUT2D eigenvalue weighted by Gasteiger charge is -2.26. The summed E-state index contributed by atoms with van der Waals surface area (Å²) in [7, 11) is 7.95. The Balaban J connectivity index is 1.07. The minimum atomic E-state index is -0.745. The van der Waals surface area contributed by atoms with Gasteiger partial charge in [0.1, 0.15) is 0 Å². The topological polar surface area (TPSA) is 158 Å². The molecule has 0 saturated carbocycles. The molecule has 0 aromatic heterocycles. The Bertz CT molecular complexity index is 2940. The molecule has 85 heavy (non-hydrogen) atoms. The number of benzene rings is 5. The molecule has 0 bridgehead atoms. The normalized spacial score (nSPS) is 14.8. The molecule has 0 fully saturated rings. The minimum absolute atomic E-state index is 0.0887. The van der Waals surface area contributed by atoms with Gasteiger partial charge in [0, 0.05) is 53.5 Å². The Hall–Kier alpha value is -5.50. The molecule has 0 saturated heterocycles. The van der Waals surface area contributed by atoms with Crippen molar-refractivity contribution in [1.29, 1.82) is 0 Å². The number of hydrogen-bond donors (Lipinski definition) is 0. The van der Waals surface area contributed by atoms with Crippen LogP contribution >= 0.6 is 64.8 Å². The molecule has 0 aliphatic heterocycles.